The van der Waals surface area contributed by atoms with Crippen molar-refractivity contribution < 1.29 is 9.53 Å². The molecule has 0 spiro atoms. The van der Waals surface area contributed by atoms with Crippen LogP contribution in [0.15, 0.2) is 0 Å². The molecule has 2 fully saturated rings. The van der Waals surface area contributed by atoms with E-state index in [-0.39, 0.29) is 0 Å². The van der Waals surface area contributed by atoms with Crippen molar-refractivity contribution in [1.29, 1.82) is 0 Å². The van der Waals surface area contributed by atoms with E-state index in [0.29, 0.717) is 11.8 Å². The molecule has 0 aromatic carbocycles. The lowest BCUT2D eigenvalue weighted by Gasteiger charge is -2.11. The molecule has 1 N–H and O–H groups in total. The number of hydrogen-bond acceptors (Lipinski definition) is 2. The Kier molecular flexibility index (Phi) is 3.62. The van der Waals surface area contributed by atoms with Crippen LogP contribution in [0.1, 0.15) is 32.1 Å². The number of rotatable bonds is 6. The zero-order valence-corrected chi connectivity index (χ0v) is 9.50. The Morgan fingerprint density at radius 2 is 2.00 bits per heavy atom. The van der Waals surface area contributed by atoms with Crippen LogP contribution < -0.4 is 5.32 Å². The normalized spacial score (nSPS) is 32.5. The molecule has 0 heterocycles. The van der Waals surface area contributed by atoms with Crippen LogP contribution in [0.2, 0.25) is 0 Å². The van der Waals surface area contributed by atoms with Gasteiger partial charge in [-0.05, 0) is 43.9 Å². The largest absolute Gasteiger partial charge is 0.385 e. The van der Waals surface area contributed by atoms with Gasteiger partial charge in [0.05, 0.1) is 0 Å². The van der Waals surface area contributed by atoms with Crippen LogP contribution in [0.3, 0.4) is 0 Å². The fourth-order valence-electron chi connectivity index (χ4n) is 2.66. The summed E-state index contributed by atoms with van der Waals surface area (Å²) >= 11 is 0. The van der Waals surface area contributed by atoms with Crippen LogP contribution >= 0.6 is 0 Å². The number of fused-ring (bicyclic) bond motifs is 1. The third-order valence-electron chi connectivity index (χ3n) is 3.69. The molecule has 3 nitrogen and oxygen atoms in total. The summed E-state index contributed by atoms with van der Waals surface area (Å²) in [6.45, 7) is 1.61. The molecule has 2 saturated carbocycles. The highest BCUT2D eigenvalue weighted by molar-refractivity contribution is 5.79. The third-order valence-corrected chi connectivity index (χ3v) is 3.69. The molecule has 2 aliphatic rings. The molecular formula is C12H21NO2. The van der Waals surface area contributed by atoms with Crippen LogP contribution in [0.25, 0.3) is 0 Å². The van der Waals surface area contributed by atoms with Gasteiger partial charge in [-0.25, -0.2) is 0 Å². The van der Waals surface area contributed by atoms with Gasteiger partial charge in [0.2, 0.25) is 5.91 Å². The van der Waals surface area contributed by atoms with Gasteiger partial charge in [0.25, 0.3) is 0 Å². The highest BCUT2D eigenvalue weighted by Crippen LogP contribution is 2.54. The minimum atomic E-state index is 0.291. The Morgan fingerprint density at radius 1 is 1.27 bits per heavy atom. The predicted octanol–water partition coefficient (Wildman–Crippen LogP) is 1.58. The van der Waals surface area contributed by atoms with Gasteiger partial charge in [0.15, 0.2) is 0 Å². The predicted molar refractivity (Wildman–Crippen MR) is 58.4 cm³/mol. The molecule has 0 saturated heterocycles. The number of methoxy groups -OCH3 is 1. The van der Waals surface area contributed by atoms with E-state index in [1.54, 1.807) is 7.11 Å². The maximum Gasteiger partial charge on any atom is 0.223 e. The summed E-state index contributed by atoms with van der Waals surface area (Å²) in [6.07, 6.45) is 5.74. The van der Waals surface area contributed by atoms with Crippen molar-refractivity contribution in [2.45, 2.75) is 32.1 Å². The van der Waals surface area contributed by atoms with Crippen molar-refractivity contribution in [3.8, 4) is 0 Å². The first kappa shape index (κ1) is 10.9. The Balaban J connectivity index is 1.53. The Bertz CT molecular complexity index is 220. The van der Waals surface area contributed by atoms with E-state index in [0.717, 1.165) is 50.7 Å². The molecule has 2 unspecified atom stereocenters. The molecule has 0 aromatic rings. The number of hydrogen-bond donors (Lipinski definition) is 1. The molecule has 15 heavy (non-hydrogen) atoms. The van der Waals surface area contributed by atoms with Gasteiger partial charge < -0.3 is 10.1 Å². The first-order valence-electron chi connectivity index (χ1n) is 6.08. The van der Waals surface area contributed by atoms with Gasteiger partial charge in [-0.15, -0.1) is 0 Å². The molecule has 1 amide bonds. The maximum absolute atomic E-state index is 11.7. The number of nitrogens with one attached hydrogen (secondary N) is 1. The minimum absolute atomic E-state index is 0.291. The van der Waals surface area contributed by atoms with Crippen LogP contribution in [-0.4, -0.2) is 26.2 Å². The number of unbranched alkanes of at least 4 members (excludes halogenated alkanes) is 1. The van der Waals surface area contributed by atoms with Crippen molar-refractivity contribution in [3.05, 3.63) is 0 Å². The Labute approximate surface area is 91.6 Å². The topological polar surface area (TPSA) is 38.3 Å². The fraction of sp³-hybridized carbons (Fsp3) is 0.917. The lowest BCUT2D eigenvalue weighted by Crippen LogP contribution is -2.30. The van der Waals surface area contributed by atoms with E-state index in [4.69, 9.17) is 4.74 Å². The second kappa shape index (κ2) is 4.97. The number of carbonyl (C=O) groups is 1. The lowest BCUT2D eigenvalue weighted by atomic mass is 10.0. The highest BCUT2D eigenvalue weighted by Gasteiger charge is 2.47. The second-order valence-electron chi connectivity index (χ2n) is 4.92. The van der Waals surface area contributed by atoms with Gasteiger partial charge in [-0.2, -0.15) is 0 Å². The Morgan fingerprint density at radius 3 is 2.67 bits per heavy atom. The average molecular weight is 211 g/mol. The number of carbonyl (C=O) groups excluding carboxylic acids is 1. The van der Waals surface area contributed by atoms with E-state index in [9.17, 15) is 4.79 Å². The van der Waals surface area contributed by atoms with Crippen molar-refractivity contribution in [2.75, 3.05) is 20.3 Å². The van der Waals surface area contributed by atoms with E-state index in [2.05, 4.69) is 5.32 Å². The summed E-state index contributed by atoms with van der Waals surface area (Å²) in [6, 6.07) is 0. The molecule has 0 radical (unpaired) electrons. The van der Waals surface area contributed by atoms with Crippen molar-refractivity contribution in [3.63, 3.8) is 0 Å². The summed E-state index contributed by atoms with van der Waals surface area (Å²) in [5, 5.41) is 3.03. The highest BCUT2D eigenvalue weighted by atomic mass is 16.5. The fourth-order valence-corrected chi connectivity index (χ4v) is 2.66. The lowest BCUT2D eigenvalue weighted by molar-refractivity contribution is -0.125. The van der Waals surface area contributed by atoms with Gasteiger partial charge in [-0.3, -0.25) is 4.79 Å². The Hall–Kier alpha value is -0.570. The SMILES string of the molecule is COCCCCNC(=O)C1CC2CC2C1. The minimum Gasteiger partial charge on any atom is -0.385 e. The quantitative estimate of drug-likeness (QED) is 0.677. The summed E-state index contributed by atoms with van der Waals surface area (Å²) in [5.41, 5.74) is 0. The first-order chi connectivity index (χ1) is 7.31. The van der Waals surface area contributed by atoms with Gasteiger partial charge in [0, 0.05) is 26.2 Å². The maximum atomic E-state index is 11.7. The zero-order chi connectivity index (χ0) is 10.7. The van der Waals surface area contributed by atoms with E-state index in [1.165, 1.54) is 6.42 Å². The van der Waals surface area contributed by atoms with E-state index >= 15 is 0 Å². The summed E-state index contributed by atoms with van der Waals surface area (Å²) in [5.74, 6) is 2.42. The van der Waals surface area contributed by atoms with Crippen LogP contribution in [0, 0.1) is 17.8 Å². The molecule has 0 aliphatic heterocycles. The molecule has 86 valence electrons. The summed E-state index contributed by atoms with van der Waals surface area (Å²) < 4.78 is 4.96. The van der Waals surface area contributed by atoms with Crippen LogP contribution in [0.5, 0.6) is 0 Å². The van der Waals surface area contributed by atoms with E-state index in [1.807, 2.05) is 0 Å². The number of ether oxygens (including phenoxy) is 1. The first-order valence-corrected chi connectivity index (χ1v) is 6.08. The standard InChI is InChI=1S/C12H21NO2/c1-15-5-3-2-4-13-12(14)11-7-9-6-10(9)8-11/h9-11H,2-8H2,1H3,(H,13,14). The smallest absolute Gasteiger partial charge is 0.223 e. The average Bonchev–Trinajstić information content (AvgIpc) is 2.85. The van der Waals surface area contributed by atoms with Crippen molar-refractivity contribution in [1.82, 2.24) is 5.32 Å². The molecule has 0 aromatic heterocycles. The molecule has 0 bridgehead atoms. The number of amides is 1. The van der Waals surface area contributed by atoms with Crippen LogP contribution in [0.4, 0.5) is 0 Å². The monoisotopic (exact) mass is 211 g/mol. The van der Waals surface area contributed by atoms with Gasteiger partial charge in [0.1, 0.15) is 0 Å². The van der Waals surface area contributed by atoms with Crippen molar-refractivity contribution in [2.24, 2.45) is 17.8 Å². The molecular weight excluding hydrogens is 190 g/mol. The summed E-state index contributed by atoms with van der Waals surface area (Å²) in [7, 11) is 1.71. The van der Waals surface area contributed by atoms with Gasteiger partial charge >= 0.3 is 0 Å². The molecule has 2 atom stereocenters. The molecule has 2 rings (SSSR count). The third kappa shape index (κ3) is 2.94. The van der Waals surface area contributed by atoms with Crippen molar-refractivity contribution >= 4 is 5.91 Å². The van der Waals surface area contributed by atoms with E-state index < -0.39 is 0 Å². The zero-order valence-electron chi connectivity index (χ0n) is 9.50. The van der Waals surface area contributed by atoms with Crippen LogP contribution in [-0.2, 0) is 9.53 Å². The summed E-state index contributed by atoms with van der Waals surface area (Å²) in [4.78, 5) is 11.7. The molecule has 3 heteroatoms. The second-order valence-corrected chi connectivity index (χ2v) is 4.92. The van der Waals surface area contributed by atoms with Gasteiger partial charge in [-0.1, -0.05) is 0 Å². The molecule has 2 aliphatic carbocycles.